The standard InChI is InChI=1S/C12H15N3O3/c1-8(2)15-10(6-18-7-11(16)17)14-9-4-3-5-13-12(9)15/h3-5,8H,6-7H2,1-2H3,(H,16,17). The molecule has 18 heavy (non-hydrogen) atoms. The van der Waals surface area contributed by atoms with Gasteiger partial charge in [-0.2, -0.15) is 0 Å². The minimum Gasteiger partial charge on any atom is -0.480 e. The quantitative estimate of drug-likeness (QED) is 0.871. The highest BCUT2D eigenvalue weighted by atomic mass is 16.5. The highest BCUT2D eigenvalue weighted by molar-refractivity contribution is 5.71. The monoisotopic (exact) mass is 249 g/mol. The van der Waals surface area contributed by atoms with Crippen LogP contribution in [0.3, 0.4) is 0 Å². The van der Waals surface area contributed by atoms with E-state index in [0.717, 1.165) is 11.2 Å². The van der Waals surface area contributed by atoms with Gasteiger partial charge >= 0.3 is 5.97 Å². The zero-order valence-corrected chi connectivity index (χ0v) is 10.3. The van der Waals surface area contributed by atoms with Gasteiger partial charge in [0.2, 0.25) is 0 Å². The van der Waals surface area contributed by atoms with Gasteiger partial charge in [0.15, 0.2) is 5.65 Å². The average Bonchev–Trinajstić information content (AvgIpc) is 2.66. The van der Waals surface area contributed by atoms with Gasteiger partial charge < -0.3 is 14.4 Å². The van der Waals surface area contributed by atoms with Crippen LogP contribution in [0.5, 0.6) is 0 Å². The summed E-state index contributed by atoms with van der Waals surface area (Å²) in [5, 5.41) is 8.55. The van der Waals surface area contributed by atoms with Crippen LogP contribution in [-0.2, 0) is 16.1 Å². The summed E-state index contributed by atoms with van der Waals surface area (Å²) in [5.41, 5.74) is 1.58. The Morgan fingerprint density at radius 2 is 2.33 bits per heavy atom. The van der Waals surface area contributed by atoms with Gasteiger partial charge in [-0.05, 0) is 26.0 Å². The molecule has 96 valence electrons. The summed E-state index contributed by atoms with van der Waals surface area (Å²) in [6.07, 6.45) is 1.71. The SMILES string of the molecule is CC(C)n1c(COCC(=O)O)nc2cccnc21. The molecule has 0 spiro atoms. The Morgan fingerprint density at radius 1 is 1.56 bits per heavy atom. The number of carboxylic acid groups (broad SMARTS) is 1. The summed E-state index contributed by atoms with van der Waals surface area (Å²) >= 11 is 0. The van der Waals surface area contributed by atoms with Crippen molar-refractivity contribution in [1.29, 1.82) is 0 Å². The van der Waals surface area contributed by atoms with E-state index in [4.69, 9.17) is 9.84 Å². The maximum absolute atomic E-state index is 10.4. The van der Waals surface area contributed by atoms with Crippen molar-refractivity contribution in [3.63, 3.8) is 0 Å². The third-order valence-corrected chi connectivity index (χ3v) is 2.49. The minimum absolute atomic E-state index is 0.167. The number of hydrogen-bond donors (Lipinski definition) is 1. The number of ether oxygens (including phenoxy) is 1. The second-order valence-electron chi connectivity index (χ2n) is 4.22. The van der Waals surface area contributed by atoms with Crippen LogP contribution in [-0.4, -0.2) is 32.2 Å². The summed E-state index contributed by atoms with van der Waals surface area (Å²) in [7, 11) is 0. The molecule has 6 heteroatoms. The number of pyridine rings is 1. The van der Waals surface area contributed by atoms with Crippen molar-refractivity contribution in [1.82, 2.24) is 14.5 Å². The first kappa shape index (κ1) is 12.5. The summed E-state index contributed by atoms with van der Waals surface area (Å²) in [6.45, 7) is 3.89. The number of imidazole rings is 1. The number of aliphatic carboxylic acids is 1. The van der Waals surface area contributed by atoms with Gasteiger partial charge in [-0.25, -0.2) is 14.8 Å². The van der Waals surface area contributed by atoms with Gasteiger partial charge in [-0.1, -0.05) is 0 Å². The van der Waals surface area contributed by atoms with E-state index >= 15 is 0 Å². The first-order valence-corrected chi connectivity index (χ1v) is 5.71. The maximum atomic E-state index is 10.4. The lowest BCUT2D eigenvalue weighted by Crippen LogP contribution is -2.12. The second kappa shape index (κ2) is 5.14. The van der Waals surface area contributed by atoms with Crippen LogP contribution in [0.25, 0.3) is 11.2 Å². The van der Waals surface area contributed by atoms with Gasteiger partial charge in [0.1, 0.15) is 24.6 Å². The Balaban J connectivity index is 2.31. The lowest BCUT2D eigenvalue weighted by Gasteiger charge is -2.11. The molecule has 2 aromatic heterocycles. The molecule has 0 saturated carbocycles. The van der Waals surface area contributed by atoms with E-state index in [9.17, 15) is 4.79 Å². The Morgan fingerprint density at radius 3 is 3.00 bits per heavy atom. The van der Waals surface area contributed by atoms with E-state index in [1.54, 1.807) is 6.20 Å². The van der Waals surface area contributed by atoms with Crippen LogP contribution in [0.4, 0.5) is 0 Å². The molecule has 0 saturated heterocycles. The third-order valence-electron chi connectivity index (χ3n) is 2.49. The molecule has 0 atom stereocenters. The van der Waals surface area contributed by atoms with Crippen molar-refractivity contribution in [2.45, 2.75) is 26.5 Å². The summed E-state index contributed by atoms with van der Waals surface area (Å²) in [6, 6.07) is 3.89. The summed E-state index contributed by atoms with van der Waals surface area (Å²) in [5.74, 6) is -0.291. The van der Waals surface area contributed by atoms with E-state index in [2.05, 4.69) is 9.97 Å². The lowest BCUT2D eigenvalue weighted by molar-refractivity contribution is -0.142. The van der Waals surface area contributed by atoms with Crippen molar-refractivity contribution in [3.8, 4) is 0 Å². The van der Waals surface area contributed by atoms with Gasteiger partial charge in [-0.3, -0.25) is 0 Å². The molecular formula is C12H15N3O3. The number of aromatic nitrogens is 3. The molecule has 0 fully saturated rings. The number of carbonyl (C=O) groups is 1. The lowest BCUT2D eigenvalue weighted by atomic mass is 10.3. The number of nitrogens with zero attached hydrogens (tertiary/aromatic N) is 3. The van der Waals surface area contributed by atoms with Gasteiger partial charge in [0, 0.05) is 12.2 Å². The first-order valence-electron chi connectivity index (χ1n) is 5.71. The zero-order valence-electron chi connectivity index (χ0n) is 10.3. The predicted molar refractivity (Wildman–Crippen MR) is 65.2 cm³/mol. The van der Waals surface area contributed by atoms with Crippen LogP contribution >= 0.6 is 0 Å². The van der Waals surface area contributed by atoms with Crippen molar-refractivity contribution < 1.29 is 14.6 Å². The Labute approximate surface area is 104 Å². The van der Waals surface area contributed by atoms with Crippen LogP contribution < -0.4 is 0 Å². The van der Waals surface area contributed by atoms with E-state index in [0.29, 0.717) is 5.82 Å². The first-order chi connectivity index (χ1) is 8.59. The molecular weight excluding hydrogens is 234 g/mol. The fourth-order valence-electron chi connectivity index (χ4n) is 1.85. The molecule has 0 unspecified atom stereocenters. The topological polar surface area (TPSA) is 77.2 Å². The number of fused-ring (bicyclic) bond motifs is 1. The van der Waals surface area contributed by atoms with Crippen molar-refractivity contribution >= 4 is 17.1 Å². The van der Waals surface area contributed by atoms with Gasteiger partial charge in [0.25, 0.3) is 0 Å². The average molecular weight is 249 g/mol. The number of carboxylic acids is 1. The molecule has 0 amide bonds. The fourth-order valence-corrected chi connectivity index (χ4v) is 1.85. The molecule has 0 aliphatic carbocycles. The zero-order chi connectivity index (χ0) is 13.1. The van der Waals surface area contributed by atoms with Crippen molar-refractivity contribution in [3.05, 3.63) is 24.2 Å². The fraction of sp³-hybridized carbons (Fsp3) is 0.417. The highest BCUT2D eigenvalue weighted by Gasteiger charge is 2.14. The van der Waals surface area contributed by atoms with E-state index in [1.165, 1.54) is 0 Å². The second-order valence-corrected chi connectivity index (χ2v) is 4.22. The molecule has 2 heterocycles. The Bertz CT molecular complexity index is 563. The molecule has 0 aromatic carbocycles. The third kappa shape index (κ3) is 2.48. The summed E-state index contributed by atoms with van der Waals surface area (Å²) < 4.78 is 7.05. The largest absolute Gasteiger partial charge is 0.480 e. The molecule has 2 aromatic rings. The van der Waals surface area contributed by atoms with Crippen LogP contribution in [0.1, 0.15) is 25.7 Å². The van der Waals surface area contributed by atoms with Gasteiger partial charge in [-0.15, -0.1) is 0 Å². The van der Waals surface area contributed by atoms with E-state index < -0.39 is 5.97 Å². The van der Waals surface area contributed by atoms with Crippen molar-refractivity contribution in [2.75, 3.05) is 6.61 Å². The van der Waals surface area contributed by atoms with Crippen molar-refractivity contribution in [2.24, 2.45) is 0 Å². The molecule has 0 aliphatic heterocycles. The van der Waals surface area contributed by atoms with Gasteiger partial charge in [0.05, 0.1) is 0 Å². The maximum Gasteiger partial charge on any atom is 0.329 e. The van der Waals surface area contributed by atoms with Crippen LogP contribution in [0.2, 0.25) is 0 Å². The normalized spacial score (nSPS) is 11.3. The Hall–Kier alpha value is -1.95. The molecule has 0 aliphatic rings. The molecule has 2 rings (SSSR count). The molecule has 0 radical (unpaired) electrons. The molecule has 6 nitrogen and oxygen atoms in total. The van der Waals surface area contributed by atoms with E-state index in [1.807, 2.05) is 30.5 Å². The molecule has 1 N–H and O–H groups in total. The van der Waals surface area contributed by atoms with Crippen LogP contribution in [0.15, 0.2) is 18.3 Å². The predicted octanol–water partition coefficient (Wildman–Crippen LogP) is 1.61. The number of hydrogen-bond acceptors (Lipinski definition) is 4. The highest BCUT2D eigenvalue weighted by Crippen LogP contribution is 2.19. The molecule has 0 bridgehead atoms. The summed E-state index contributed by atoms with van der Waals surface area (Å²) in [4.78, 5) is 19.1. The minimum atomic E-state index is -0.986. The smallest absolute Gasteiger partial charge is 0.329 e. The number of rotatable bonds is 5. The van der Waals surface area contributed by atoms with E-state index in [-0.39, 0.29) is 19.3 Å². The Kier molecular flexibility index (Phi) is 3.57. The van der Waals surface area contributed by atoms with Crippen LogP contribution in [0, 0.1) is 0 Å².